The Morgan fingerprint density at radius 1 is 1.38 bits per heavy atom. The van der Waals surface area contributed by atoms with E-state index in [-0.39, 0.29) is 24.1 Å². The van der Waals surface area contributed by atoms with E-state index in [0.717, 1.165) is 32.4 Å². The summed E-state index contributed by atoms with van der Waals surface area (Å²) in [5.41, 5.74) is 0.332. The third-order valence-corrected chi connectivity index (χ3v) is 4.56. The van der Waals surface area contributed by atoms with Crippen LogP contribution in [0.25, 0.3) is 0 Å². The van der Waals surface area contributed by atoms with Crippen molar-refractivity contribution in [2.45, 2.75) is 38.6 Å². The smallest absolute Gasteiger partial charge is 0.223 e. The van der Waals surface area contributed by atoms with E-state index in [0.29, 0.717) is 23.8 Å². The third kappa shape index (κ3) is 5.25. The van der Waals surface area contributed by atoms with Crippen LogP contribution in [0.3, 0.4) is 0 Å². The van der Waals surface area contributed by atoms with Gasteiger partial charge in [0.1, 0.15) is 11.9 Å². The Morgan fingerprint density at radius 2 is 2.12 bits per heavy atom. The van der Waals surface area contributed by atoms with Crippen LogP contribution in [0.1, 0.15) is 49.0 Å². The van der Waals surface area contributed by atoms with Gasteiger partial charge >= 0.3 is 0 Å². The lowest BCUT2D eigenvalue weighted by atomic mass is 9.93. The van der Waals surface area contributed by atoms with Gasteiger partial charge in [-0.15, -0.1) is 12.4 Å². The molecule has 1 aliphatic heterocycles. The van der Waals surface area contributed by atoms with Gasteiger partial charge in [0.2, 0.25) is 11.8 Å². The summed E-state index contributed by atoms with van der Waals surface area (Å²) >= 11 is 0. The molecule has 1 atom stereocenters. The number of nitrogens with one attached hydrogen (secondary N) is 2. The average molecular weight is 383 g/mol. The van der Waals surface area contributed by atoms with Crippen LogP contribution in [-0.2, 0) is 4.79 Å². The lowest BCUT2D eigenvalue weighted by Gasteiger charge is -2.22. The SMILES string of the molecule is Cc1nc(C(NC(=O)CCC2CCNCC2)c2ccccc2F)no1.Cl. The van der Waals surface area contributed by atoms with Gasteiger partial charge in [0.15, 0.2) is 5.82 Å². The van der Waals surface area contributed by atoms with Gasteiger partial charge in [-0.3, -0.25) is 4.79 Å². The molecule has 2 heterocycles. The number of aryl methyl sites for hydroxylation is 1. The molecule has 3 rings (SSSR count). The maximum atomic E-state index is 14.2. The zero-order valence-corrected chi connectivity index (χ0v) is 15.5. The lowest BCUT2D eigenvalue weighted by molar-refractivity contribution is -0.122. The summed E-state index contributed by atoms with van der Waals surface area (Å²) in [5, 5.41) is 10.0. The van der Waals surface area contributed by atoms with Gasteiger partial charge in [-0.05, 0) is 44.3 Å². The highest BCUT2D eigenvalue weighted by Crippen LogP contribution is 2.23. The number of piperidine rings is 1. The molecule has 1 unspecified atom stereocenters. The summed E-state index contributed by atoms with van der Waals surface area (Å²) in [5.74, 6) is 0.660. The Kier molecular flexibility index (Phi) is 7.53. The third-order valence-electron chi connectivity index (χ3n) is 4.56. The topological polar surface area (TPSA) is 80.0 Å². The quantitative estimate of drug-likeness (QED) is 0.802. The summed E-state index contributed by atoms with van der Waals surface area (Å²) < 4.78 is 19.2. The van der Waals surface area contributed by atoms with Gasteiger partial charge in [0.05, 0.1) is 0 Å². The minimum absolute atomic E-state index is 0. The predicted molar refractivity (Wildman–Crippen MR) is 97.5 cm³/mol. The Morgan fingerprint density at radius 3 is 2.77 bits per heavy atom. The van der Waals surface area contributed by atoms with E-state index in [1.165, 1.54) is 6.07 Å². The summed E-state index contributed by atoms with van der Waals surface area (Å²) in [6.07, 6.45) is 3.43. The molecule has 26 heavy (non-hydrogen) atoms. The van der Waals surface area contributed by atoms with Gasteiger partial charge in [0, 0.05) is 18.9 Å². The average Bonchev–Trinajstić information content (AvgIpc) is 3.06. The molecule has 1 amide bonds. The van der Waals surface area contributed by atoms with Gasteiger partial charge in [-0.25, -0.2) is 4.39 Å². The first kappa shape index (κ1) is 20.3. The summed E-state index contributed by atoms with van der Waals surface area (Å²) in [6, 6.07) is 5.56. The highest BCUT2D eigenvalue weighted by molar-refractivity contribution is 5.85. The highest BCUT2D eigenvalue weighted by Gasteiger charge is 2.25. The van der Waals surface area contributed by atoms with Gasteiger partial charge in [-0.2, -0.15) is 4.98 Å². The van der Waals surface area contributed by atoms with Gasteiger partial charge < -0.3 is 15.2 Å². The number of amides is 1. The molecule has 1 fully saturated rings. The van der Waals surface area contributed by atoms with Crippen molar-refractivity contribution in [1.82, 2.24) is 20.8 Å². The molecule has 1 aliphatic rings. The van der Waals surface area contributed by atoms with Crippen molar-refractivity contribution >= 4 is 18.3 Å². The molecule has 8 heteroatoms. The summed E-state index contributed by atoms with van der Waals surface area (Å²) in [4.78, 5) is 16.6. The lowest BCUT2D eigenvalue weighted by Crippen LogP contribution is -2.32. The summed E-state index contributed by atoms with van der Waals surface area (Å²) in [6.45, 7) is 3.67. The molecular weight excluding hydrogens is 359 g/mol. The Bertz CT molecular complexity index is 719. The van der Waals surface area contributed by atoms with E-state index >= 15 is 0 Å². The first-order valence-corrected chi connectivity index (χ1v) is 8.68. The van der Waals surface area contributed by atoms with Crippen molar-refractivity contribution < 1.29 is 13.7 Å². The Labute approximate surface area is 158 Å². The first-order valence-electron chi connectivity index (χ1n) is 8.68. The van der Waals surface area contributed by atoms with Crippen LogP contribution >= 0.6 is 12.4 Å². The van der Waals surface area contributed by atoms with Crippen LogP contribution in [0.5, 0.6) is 0 Å². The second-order valence-electron chi connectivity index (χ2n) is 6.43. The molecule has 1 saturated heterocycles. The first-order chi connectivity index (χ1) is 12.1. The monoisotopic (exact) mass is 382 g/mol. The maximum Gasteiger partial charge on any atom is 0.223 e. The molecule has 0 radical (unpaired) electrons. The largest absolute Gasteiger partial charge is 0.342 e. The van der Waals surface area contributed by atoms with Gasteiger partial charge in [0.25, 0.3) is 0 Å². The van der Waals surface area contributed by atoms with Crippen molar-refractivity contribution in [3.63, 3.8) is 0 Å². The van der Waals surface area contributed by atoms with E-state index in [2.05, 4.69) is 20.8 Å². The maximum absolute atomic E-state index is 14.2. The zero-order valence-electron chi connectivity index (χ0n) is 14.7. The fourth-order valence-electron chi connectivity index (χ4n) is 3.16. The number of halogens is 2. The van der Waals surface area contributed by atoms with Crippen LogP contribution < -0.4 is 10.6 Å². The second-order valence-corrected chi connectivity index (χ2v) is 6.43. The van der Waals surface area contributed by atoms with E-state index in [4.69, 9.17) is 4.52 Å². The molecule has 0 spiro atoms. The fourth-order valence-corrected chi connectivity index (χ4v) is 3.16. The molecule has 1 aromatic heterocycles. The fraction of sp³-hybridized carbons (Fsp3) is 0.500. The van der Waals surface area contributed by atoms with Crippen LogP contribution in [0, 0.1) is 18.7 Å². The molecule has 142 valence electrons. The predicted octanol–water partition coefficient (Wildman–Crippen LogP) is 2.92. The van der Waals surface area contributed by atoms with E-state index in [1.54, 1.807) is 25.1 Å². The molecule has 2 aromatic rings. The van der Waals surface area contributed by atoms with Crippen molar-refractivity contribution in [2.24, 2.45) is 5.92 Å². The molecule has 2 N–H and O–H groups in total. The minimum atomic E-state index is -0.751. The van der Waals surface area contributed by atoms with Crippen molar-refractivity contribution in [3.05, 3.63) is 47.4 Å². The minimum Gasteiger partial charge on any atom is -0.342 e. The van der Waals surface area contributed by atoms with Crippen molar-refractivity contribution in [1.29, 1.82) is 0 Å². The molecule has 0 saturated carbocycles. The molecule has 1 aromatic carbocycles. The number of carbonyl (C=O) groups is 1. The molecule has 0 bridgehead atoms. The number of benzene rings is 1. The standard InChI is InChI=1S/C18H23FN4O2.ClH/c1-12-21-18(23-25-12)17(14-4-2-3-5-15(14)19)22-16(24)7-6-13-8-10-20-11-9-13;/h2-5,13,17,20H,6-11H2,1H3,(H,22,24);1H. The van der Waals surface area contributed by atoms with Crippen LogP contribution in [-0.4, -0.2) is 29.1 Å². The van der Waals surface area contributed by atoms with E-state index in [1.807, 2.05) is 0 Å². The molecule has 6 nitrogen and oxygen atoms in total. The zero-order chi connectivity index (χ0) is 17.6. The second kappa shape index (κ2) is 9.64. The molecular formula is C18H24ClFN4O2. The summed E-state index contributed by atoms with van der Waals surface area (Å²) in [7, 11) is 0. The number of hydrogen-bond donors (Lipinski definition) is 2. The van der Waals surface area contributed by atoms with Crippen LogP contribution in [0.4, 0.5) is 4.39 Å². The van der Waals surface area contributed by atoms with E-state index in [9.17, 15) is 9.18 Å². The van der Waals surface area contributed by atoms with Crippen molar-refractivity contribution in [2.75, 3.05) is 13.1 Å². The van der Waals surface area contributed by atoms with Crippen LogP contribution in [0.2, 0.25) is 0 Å². The van der Waals surface area contributed by atoms with Crippen LogP contribution in [0.15, 0.2) is 28.8 Å². The number of carbonyl (C=O) groups excluding carboxylic acids is 1. The Balaban J connectivity index is 0.00000243. The normalized spacial score (nSPS) is 15.9. The van der Waals surface area contributed by atoms with E-state index < -0.39 is 11.9 Å². The Hall–Kier alpha value is -1.99. The molecule has 0 aliphatic carbocycles. The number of hydrogen-bond acceptors (Lipinski definition) is 5. The number of aromatic nitrogens is 2. The highest BCUT2D eigenvalue weighted by atomic mass is 35.5. The van der Waals surface area contributed by atoms with Crippen molar-refractivity contribution in [3.8, 4) is 0 Å². The number of rotatable bonds is 6. The number of nitrogens with zero attached hydrogens (tertiary/aromatic N) is 2. The van der Waals surface area contributed by atoms with Gasteiger partial charge in [-0.1, -0.05) is 23.4 Å².